The Kier molecular flexibility index (Phi) is 9.17. The second kappa shape index (κ2) is 12.3. The maximum Gasteiger partial charge on any atom is 0.322 e. The zero-order valence-electron chi connectivity index (χ0n) is 22.9. The largest absolute Gasteiger partial charge is 0.504 e. The molecule has 3 aliphatic carbocycles. The maximum absolute atomic E-state index is 12.7. The molecule has 1 aromatic rings. The van der Waals surface area contributed by atoms with Crippen molar-refractivity contribution in [2.75, 3.05) is 12.3 Å². The summed E-state index contributed by atoms with van der Waals surface area (Å²) in [5.41, 5.74) is 6.77. The second-order valence-electron chi connectivity index (χ2n) is 11.5. The predicted octanol–water partition coefficient (Wildman–Crippen LogP) is 1.49. The third kappa shape index (κ3) is 6.30. The van der Waals surface area contributed by atoms with E-state index in [1.807, 2.05) is 6.07 Å². The van der Waals surface area contributed by atoms with E-state index >= 15 is 0 Å². The van der Waals surface area contributed by atoms with Crippen LogP contribution in [0.5, 0.6) is 11.5 Å². The van der Waals surface area contributed by atoms with Gasteiger partial charge in [-0.15, -0.1) is 11.8 Å². The van der Waals surface area contributed by atoms with Gasteiger partial charge in [-0.3, -0.25) is 24.0 Å². The molecule has 0 saturated heterocycles. The van der Waals surface area contributed by atoms with Crippen LogP contribution >= 0.6 is 11.8 Å². The van der Waals surface area contributed by atoms with Crippen molar-refractivity contribution in [3.05, 3.63) is 17.2 Å². The molecule has 3 aliphatic rings. The standard InChI is InChI=1S/C28H37N3O9S/c1-28-9-8-13-14(17(28)4-6-21(28)32)2-3-15-16(13)10-20(25(37)24(15)36)41-12-19(26(38)30-11-23(34)35)31-22(33)7-5-18(29)27(39)40/h10,13-14,17-19,36-37H,2-9,11-12,29H2,1H3,(H,30,38)(H,31,33)(H,34,35)(H,39,40)/t13-,14+,17-,18-,19-,28-/m0/s1/i29+1,30+1,31+1. The summed E-state index contributed by atoms with van der Waals surface area (Å²) in [7, 11) is 0. The van der Waals surface area contributed by atoms with Crippen LogP contribution in [-0.2, 0) is 30.4 Å². The van der Waals surface area contributed by atoms with Crippen LogP contribution < -0.4 is 16.4 Å². The fraction of sp³-hybridized carbons (Fsp3) is 0.607. The van der Waals surface area contributed by atoms with E-state index in [1.54, 1.807) is 0 Å². The number of aromatic hydroxyl groups is 2. The topological polar surface area (TPSA) is 216 Å². The molecule has 224 valence electrons. The van der Waals surface area contributed by atoms with Gasteiger partial charge in [-0.2, -0.15) is 0 Å². The third-order valence-corrected chi connectivity index (χ3v) is 10.2. The molecule has 41 heavy (non-hydrogen) atoms. The molecule has 0 aliphatic heterocycles. The Morgan fingerprint density at radius 2 is 1.85 bits per heavy atom. The molecule has 1 aromatic carbocycles. The summed E-state index contributed by atoms with van der Waals surface area (Å²) >= 11 is 1.03. The summed E-state index contributed by atoms with van der Waals surface area (Å²) in [5, 5.41) is 44.4. The maximum atomic E-state index is 12.7. The minimum Gasteiger partial charge on any atom is -0.504 e. The lowest BCUT2D eigenvalue weighted by molar-refractivity contribution is -0.139. The lowest BCUT2D eigenvalue weighted by Gasteiger charge is -2.48. The minimum absolute atomic E-state index is 0.0999. The molecule has 12 nitrogen and oxygen atoms in total. The molecular formula is C28H37N3O9S. The number of carbonyl (C=O) groups excluding carboxylic acids is 3. The van der Waals surface area contributed by atoms with Crippen LogP contribution in [0.25, 0.3) is 0 Å². The van der Waals surface area contributed by atoms with Crippen LogP contribution in [0.15, 0.2) is 11.0 Å². The predicted molar refractivity (Wildman–Crippen MR) is 148 cm³/mol. The number of hydrogen-bond donors (Lipinski definition) is 7. The van der Waals surface area contributed by atoms with Crippen molar-refractivity contribution in [3.63, 3.8) is 0 Å². The lowest BCUT2D eigenvalue weighted by atomic mass is 9.55. The molecule has 4 rings (SSSR count). The van der Waals surface area contributed by atoms with Gasteiger partial charge < -0.3 is 36.8 Å². The summed E-state index contributed by atoms with van der Waals surface area (Å²) in [4.78, 5) is 60.1. The Morgan fingerprint density at radius 1 is 1.12 bits per heavy atom. The van der Waals surface area contributed by atoms with Crippen molar-refractivity contribution in [2.24, 2.45) is 23.0 Å². The number of carboxylic acids is 2. The van der Waals surface area contributed by atoms with Gasteiger partial charge in [0.15, 0.2) is 11.5 Å². The van der Waals surface area contributed by atoms with Crippen molar-refractivity contribution >= 4 is 41.3 Å². The number of fused-ring (bicyclic) bond motifs is 5. The molecule has 8 N–H and O–H groups in total. The van der Waals surface area contributed by atoms with Crippen molar-refractivity contribution in [3.8, 4) is 11.5 Å². The van der Waals surface area contributed by atoms with Gasteiger partial charge in [-0.05, 0) is 67.9 Å². The Balaban J connectivity index is 1.52. The van der Waals surface area contributed by atoms with Crippen molar-refractivity contribution < 1.29 is 44.4 Å². The summed E-state index contributed by atoms with van der Waals surface area (Å²) in [6, 6.07) is -0.641. The summed E-state index contributed by atoms with van der Waals surface area (Å²) < 4.78 is 0. The van der Waals surface area contributed by atoms with Gasteiger partial charge in [0.05, 0.1) is 4.90 Å². The Bertz CT molecular complexity index is 1250. The normalized spacial score (nSPS) is 26.2. The average molecular weight is 595 g/mol. The van der Waals surface area contributed by atoms with Gasteiger partial charge >= 0.3 is 11.9 Å². The van der Waals surface area contributed by atoms with Gasteiger partial charge in [0.2, 0.25) is 11.8 Å². The van der Waals surface area contributed by atoms with Gasteiger partial charge in [0, 0.05) is 29.6 Å². The highest BCUT2D eigenvalue weighted by Crippen LogP contribution is 2.61. The van der Waals surface area contributed by atoms with Crippen LogP contribution in [-0.4, -0.2) is 74.3 Å². The lowest BCUT2D eigenvalue weighted by Crippen LogP contribution is -2.49. The van der Waals surface area contributed by atoms with E-state index < -0.39 is 42.4 Å². The van der Waals surface area contributed by atoms with E-state index in [9.17, 15) is 34.2 Å². The highest BCUT2D eigenvalue weighted by molar-refractivity contribution is 7.99. The van der Waals surface area contributed by atoms with Crippen LogP contribution in [0, 0.1) is 17.3 Å². The molecule has 6 atom stereocenters. The molecular weight excluding hydrogens is 557 g/mol. The Labute approximate surface area is 241 Å². The molecule has 0 bridgehead atoms. The van der Waals surface area contributed by atoms with Gasteiger partial charge in [-0.1, -0.05) is 6.92 Å². The Morgan fingerprint density at radius 3 is 2.54 bits per heavy atom. The highest BCUT2D eigenvalue weighted by atomic mass is 32.2. The molecule has 2 amide bonds. The molecule has 0 aromatic heterocycles. The van der Waals surface area contributed by atoms with E-state index in [0.717, 1.165) is 43.0 Å². The second-order valence-corrected chi connectivity index (χ2v) is 12.6. The molecule has 0 unspecified atom stereocenters. The first-order valence-corrected chi connectivity index (χ1v) is 14.8. The zero-order chi connectivity index (χ0) is 30.1. The SMILES string of the molecule is C[C@]12CC[C@@H]3c4cc(SC[C@H]([15NH]C(=O)CC[C@H]([15NH2])C(=O)O)C(=O)[15NH]CC(=O)O)c(O)c(O)c4CC[C@H]3[C@@H]1CCC2=O. The van der Waals surface area contributed by atoms with E-state index in [4.69, 9.17) is 15.9 Å². The van der Waals surface area contributed by atoms with E-state index in [2.05, 4.69) is 17.6 Å². The number of ketones is 1. The van der Waals surface area contributed by atoms with Crippen LogP contribution in [0.2, 0.25) is 0 Å². The summed E-state index contributed by atoms with van der Waals surface area (Å²) in [6.07, 6.45) is 4.00. The number of carbonyl (C=O) groups is 5. The first-order chi connectivity index (χ1) is 19.3. The van der Waals surface area contributed by atoms with E-state index in [-0.39, 0.29) is 47.3 Å². The van der Waals surface area contributed by atoms with E-state index in [1.165, 1.54) is 0 Å². The highest BCUT2D eigenvalue weighted by Gasteiger charge is 2.54. The summed E-state index contributed by atoms with van der Waals surface area (Å²) in [6.45, 7) is 1.41. The number of rotatable bonds is 11. The smallest absolute Gasteiger partial charge is 0.322 e. The number of amides is 2. The Hall–Kier alpha value is -3.32. The van der Waals surface area contributed by atoms with Crippen molar-refractivity contribution in [1.82, 2.24) is 10.6 Å². The summed E-state index contributed by atoms with van der Waals surface area (Å²) in [5.74, 6) is -3.57. The fourth-order valence-electron chi connectivity index (χ4n) is 6.87. The van der Waals surface area contributed by atoms with Crippen LogP contribution in [0.3, 0.4) is 0 Å². The van der Waals surface area contributed by atoms with E-state index in [0.29, 0.717) is 35.0 Å². The molecule has 2 fully saturated rings. The number of carboxylic acid groups (broad SMARTS) is 2. The molecule has 0 spiro atoms. The molecule has 2 saturated carbocycles. The number of nitrogens with one attached hydrogen (secondary N) is 2. The van der Waals surface area contributed by atoms with Crippen LogP contribution in [0.1, 0.15) is 68.9 Å². The minimum atomic E-state index is -1.28. The third-order valence-electron chi connectivity index (χ3n) is 9.12. The fourth-order valence-corrected chi connectivity index (χ4v) is 7.90. The number of nitrogens with two attached hydrogens (primary N) is 1. The average Bonchev–Trinajstić information content (AvgIpc) is 3.24. The number of hydrogen-bond acceptors (Lipinski definition) is 9. The monoisotopic (exact) mass is 594 g/mol. The first kappa shape index (κ1) is 30.6. The number of thioether (sulfide) groups is 1. The molecule has 0 heterocycles. The number of phenolic OH excluding ortho intramolecular Hbond substituents is 2. The van der Waals surface area contributed by atoms with Gasteiger partial charge in [0.1, 0.15) is 24.4 Å². The van der Waals surface area contributed by atoms with Crippen molar-refractivity contribution in [2.45, 2.75) is 81.2 Å². The van der Waals surface area contributed by atoms with Gasteiger partial charge in [0.25, 0.3) is 0 Å². The first-order valence-electron chi connectivity index (χ1n) is 13.8. The zero-order valence-corrected chi connectivity index (χ0v) is 23.7. The van der Waals surface area contributed by atoms with Gasteiger partial charge in [-0.25, -0.2) is 0 Å². The number of aliphatic carboxylic acids is 2. The molecule has 0 radical (unpaired) electrons. The van der Waals surface area contributed by atoms with Crippen molar-refractivity contribution in [1.29, 1.82) is 0 Å². The molecule has 13 heteroatoms. The van der Waals surface area contributed by atoms with Crippen LogP contribution in [0.4, 0.5) is 0 Å². The number of phenols is 2. The number of Topliss-reactive ketones (excluding diaryl/α,β-unsaturated/α-hetero) is 1. The number of benzene rings is 1. The quantitative estimate of drug-likeness (QED) is 0.111.